The van der Waals surface area contributed by atoms with Gasteiger partial charge in [-0.3, -0.25) is 4.79 Å². The largest absolute Gasteiger partial charge is 0.444 e. The van der Waals surface area contributed by atoms with Crippen molar-refractivity contribution < 1.29 is 9.21 Å². The number of carbonyl (C=O) groups excluding carboxylic acids is 1. The molecular weight excluding hydrogens is 322 g/mol. The molecule has 1 atom stereocenters. The number of thioether (sulfide) groups is 1. The van der Waals surface area contributed by atoms with Crippen LogP contribution < -0.4 is 10.6 Å². The normalized spacial score (nSPS) is 17.5. The molecule has 1 saturated heterocycles. The van der Waals surface area contributed by atoms with Gasteiger partial charge in [0.1, 0.15) is 0 Å². The van der Waals surface area contributed by atoms with Gasteiger partial charge in [-0.1, -0.05) is 12.1 Å². The molecule has 0 bridgehead atoms. The van der Waals surface area contributed by atoms with Crippen LogP contribution in [0.25, 0.3) is 11.3 Å². The average molecular weight is 340 g/mol. The van der Waals surface area contributed by atoms with Crippen molar-refractivity contribution in [3.63, 3.8) is 0 Å². The number of carbonyl (C=O) groups is 1. The molecule has 0 radical (unpaired) electrons. The lowest BCUT2D eigenvalue weighted by Crippen LogP contribution is -2.39. The van der Waals surface area contributed by atoms with Gasteiger partial charge in [-0.25, -0.2) is 4.98 Å². The number of nitrogens with zero attached hydrogens (tertiary/aromatic N) is 1. The molecule has 1 unspecified atom stereocenters. The van der Waals surface area contributed by atoms with E-state index in [4.69, 9.17) is 4.42 Å². The van der Waals surface area contributed by atoms with E-state index in [-0.39, 0.29) is 24.4 Å². The summed E-state index contributed by atoms with van der Waals surface area (Å²) in [6.45, 7) is 0.976. The van der Waals surface area contributed by atoms with E-state index in [1.54, 1.807) is 6.20 Å². The number of nitrogens with one attached hydrogen (secondary N) is 2. The van der Waals surface area contributed by atoms with Crippen molar-refractivity contribution in [3.05, 3.63) is 36.9 Å². The first-order chi connectivity index (χ1) is 10.3. The van der Waals surface area contributed by atoms with E-state index in [1.165, 1.54) is 6.39 Å². The summed E-state index contributed by atoms with van der Waals surface area (Å²) in [4.78, 5) is 16.0. The first kappa shape index (κ1) is 16.9. The molecule has 1 aliphatic heterocycles. The van der Waals surface area contributed by atoms with Gasteiger partial charge < -0.3 is 15.1 Å². The molecule has 2 N–H and O–H groups in total. The molecule has 1 amide bonds. The minimum absolute atomic E-state index is 0. The highest BCUT2D eigenvalue weighted by Crippen LogP contribution is 2.22. The Morgan fingerprint density at radius 2 is 2.41 bits per heavy atom. The smallest absolute Gasteiger partial charge is 0.225 e. The molecule has 0 aliphatic carbocycles. The van der Waals surface area contributed by atoms with E-state index in [1.807, 2.05) is 36.0 Å². The minimum atomic E-state index is 0. The monoisotopic (exact) mass is 339 g/mol. The zero-order valence-electron chi connectivity index (χ0n) is 12.0. The van der Waals surface area contributed by atoms with E-state index in [0.717, 1.165) is 29.3 Å². The van der Waals surface area contributed by atoms with Crippen molar-refractivity contribution in [2.24, 2.45) is 0 Å². The van der Waals surface area contributed by atoms with Gasteiger partial charge in [0.25, 0.3) is 0 Å². The van der Waals surface area contributed by atoms with Crippen LogP contribution in [0.2, 0.25) is 0 Å². The van der Waals surface area contributed by atoms with E-state index in [2.05, 4.69) is 15.6 Å². The molecule has 1 aromatic carbocycles. The highest BCUT2D eigenvalue weighted by Gasteiger charge is 2.16. The van der Waals surface area contributed by atoms with Crippen molar-refractivity contribution in [1.82, 2.24) is 10.3 Å². The molecule has 7 heteroatoms. The molecule has 1 aromatic heterocycles. The van der Waals surface area contributed by atoms with Crippen molar-refractivity contribution >= 4 is 35.8 Å². The molecule has 1 fully saturated rings. The van der Waals surface area contributed by atoms with Crippen LogP contribution in [0.5, 0.6) is 0 Å². The summed E-state index contributed by atoms with van der Waals surface area (Å²) in [5, 5.41) is 6.31. The second-order valence-electron chi connectivity index (χ2n) is 4.92. The van der Waals surface area contributed by atoms with E-state index in [0.29, 0.717) is 12.2 Å². The summed E-state index contributed by atoms with van der Waals surface area (Å²) in [6.07, 6.45) is 3.55. The van der Waals surface area contributed by atoms with Crippen LogP contribution in [0.3, 0.4) is 0 Å². The number of anilines is 1. The molecule has 118 valence electrons. The van der Waals surface area contributed by atoms with Gasteiger partial charge in [-0.2, -0.15) is 11.8 Å². The molecule has 0 saturated carbocycles. The van der Waals surface area contributed by atoms with Gasteiger partial charge in [-0.05, 0) is 12.1 Å². The van der Waals surface area contributed by atoms with Crippen molar-refractivity contribution in [3.8, 4) is 11.3 Å². The molecule has 0 spiro atoms. The Kier molecular flexibility index (Phi) is 6.30. The fourth-order valence-electron chi connectivity index (χ4n) is 2.30. The summed E-state index contributed by atoms with van der Waals surface area (Å²) in [7, 11) is 0. The summed E-state index contributed by atoms with van der Waals surface area (Å²) in [5.41, 5.74) is 1.68. The van der Waals surface area contributed by atoms with Crippen LogP contribution in [0, 0.1) is 0 Å². The predicted octanol–water partition coefficient (Wildman–Crippen LogP) is 2.80. The molecule has 3 rings (SSSR count). The van der Waals surface area contributed by atoms with Crippen LogP contribution >= 0.6 is 24.2 Å². The van der Waals surface area contributed by atoms with Gasteiger partial charge in [0, 0.05) is 41.8 Å². The third kappa shape index (κ3) is 4.50. The first-order valence-electron chi connectivity index (χ1n) is 6.91. The number of amides is 1. The second-order valence-corrected chi connectivity index (χ2v) is 6.07. The lowest BCUT2D eigenvalue weighted by atomic mass is 10.1. The highest BCUT2D eigenvalue weighted by atomic mass is 35.5. The van der Waals surface area contributed by atoms with Gasteiger partial charge in [0.05, 0.1) is 6.20 Å². The maximum Gasteiger partial charge on any atom is 0.225 e. The Morgan fingerprint density at radius 3 is 3.14 bits per heavy atom. The average Bonchev–Trinajstić information content (AvgIpc) is 3.02. The Bertz CT molecular complexity index is 601. The molecule has 2 heterocycles. The minimum Gasteiger partial charge on any atom is -0.444 e. The van der Waals surface area contributed by atoms with Crippen LogP contribution in [0.4, 0.5) is 5.69 Å². The number of rotatable bonds is 4. The number of halogens is 1. The van der Waals surface area contributed by atoms with Crippen molar-refractivity contribution in [1.29, 1.82) is 0 Å². The predicted molar refractivity (Wildman–Crippen MR) is 91.5 cm³/mol. The summed E-state index contributed by atoms with van der Waals surface area (Å²) < 4.78 is 5.26. The number of aromatic nitrogens is 1. The second kappa shape index (κ2) is 8.22. The maximum atomic E-state index is 12.1. The fourth-order valence-corrected chi connectivity index (χ4v) is 3.24. The zero-order chi connectivity index (χ0) is 14.5. The van der Waals surface area contributed by atoms with E-state index >= 15 is 0 Å². The van der Waals surface area contributed by atoms with E-state index < -0.39 is 0 Å². The van der Waals surface area contributed by atoms with Crippen molar-refractivity contribution in [2.45, 2.75) is 12.5 Å². The molecule has 5 nitrogen and oxygen atoms in total. The van der Waals surface area contributed by atoms with Crippen LogP contribution in [0.1, 0.15) is 6.42 Å². The molecular formula is C15H18ClN3O2S. The molecule has 2 aromatic rings. The lowest BCUT2D eigenvalue weighted by Gasteiger charge is -2.22. The lowest BCUT2D eigenvalue weighted by molar-refractivity contribution is -0.116. The fraction of sp³-hybridized carbons (Fsp3) is 0.333. The first-order valence-corrected chi connectivity index (χ1v) is 8.06. The van der Waals surface area contributed by atoms with Gasteiger partial charge in [0.2, 0.25) is 5.91 Å². The van der Waals surface area contributed by atoms with Gasteiger partial charge in [0.15, 0.2) is 12.2 Å². The van der Waals surface area contributed by atoms with Gasteiger partial charge in [-0.15, -0.1) is 12.4 Å². The summed E-state index contributed by atoms with van der Waals surface area (Å²) in [5.74, 6) is 2.84. The van der Waals surface area contributed by atoms with E-state index in [9.17, 15) is 4.79 Å². The Hall–Kier alpha value is -1.50. The number of oxazole rings is 1. The highest BCUT2D eigenvalue weighted by molar-refractivity contribution is 7.99. The summed E-state index contributed by atoms with van der Waals surface area (Å²) in [6, 6.07) is 7.85. The topological polar surface area (TPSA) is 67.2 Å². The Labute approximate surface area is 139 Å². The number of benzene rings is 1. The maximum absolute atomic E-state index is 12.1. The third-order valence-corrected chi connectivity index (χ3v) is 4.42. The Balaban J connectivity index is 0.00000176. The Morgan fingerprint density at radius 1 is 1.50 bits per heavy atom. The number of hydrogen-bond donors (Lipinski definition) is 2. The molecule has 1 aliphatic rings. The SMILES string of the molecule is Cl.O=C(CC1CSCCN1)Nc1cccc(-c2cnco2)c1. The standard InChI is InChI=1S/C15H17N3O2S.ClH/c19-15(7-13-9-21-5-4-17-13)18-12-3-1-2-11(6-12)14-8-16-10-20-14;/h1-3,6,8,10,13,17H,4-5,7,9H2,(H,18,19);1H. The van der Waals surface area contributed by atoms with Crippen LogP contribution in [-0.2, 0) is 4.79 Å². The summed E-state index contributed by atoms with van der Waals surface area (Å²) >= 11 is 1.89. The third-order valence-electron chi connectivity index (χ3n) is 3.29. The molecule has 22 heavy (non-hydrogen) atoms. The zero-order valence-corrected chi connectivity index (χ0v) is 13.6. The number of hydrogen-bond acceptors (Lipinski definition) is 5. The van der Waals surface area contributed by atoms with Gasteiger partial charge >= 0.3 is 0 Å². The van der Waals surface area contributed by atoms with Crippen LogP contribution in [-0.4, -0.2) is 35.0 Å². The van der Waals surface area contributed by atoms with Crippen molar-refractivity contribution in [2.75, 3.05) is 23.4 Å². The quantitative estimate of drug-likeness (QED) is 0.896. The van der Waals surface area contributed by atoms with Crippen LogP contribution in [0.15, 0.2) is 41.3 Å².